The van der Waals surface area contributed by atoms with E-state index >= 15 is 0 Å². The molecule has 0 bridgehead atoms. The van der Waals surface area contributed by atoms with E-state index in [0.717, 1.165) is 37.7 Å². The minimum atomic E-state index is -3.77. The van der Waals surface area contributed by atoms with Crippen molar-refractivity contribution in [1.29, 1.82) is 0 Å². The number of hydrogen-bond donors (Lipinski definition) is 1. The number of carbonyl (C=O) groups is 1. The average molecular weight is 474 g/mol. The molecule has 1 saturated heterocycles. The Balaban J connectivity index is 1.27. The number of rotatable bonds is 7. The summed E-state index contributed by atoms with van der Waals surface area (Å²) in [6.07, 6.45) is 4.16. The topological polar surface area (TPSA) is 90.9 Å². The van der Waals surface area contributed by atoms with Gasteiger partial charge in [0, 0.05) is 12.5 Å². The lowest BCUT2D eigenvalue weighted by Crippen LogP contribution is -2.32. The number of fused-ring (bicyclic) bond motifs is 1. The van der Waals surface area contributed by atoms with Gasteiger partial charge in [-0.2, -0.15) is 8.42 Å². The molecule has 8 heteroatoms. The van der Waals surface area contributed by atoms with E-state index < -0.39 is 10.1 Å². The van der Waals surface area contributed by atoms with Crippen LogP contribution in [0.25, 0.3) is 0 Å². The molecule has 2 aliphatic rings. The van der Waals surface area contributed by atoms with Gasteiger partial charge in [0.25, 0.3) is 10.1 Å². The summed E-state index contributed by atoms with van der Waals surface area (Å²) in [5.74, 6) is 0.296. The molecule has 1 aliphatic carbocycles. The zero-order valence-corrected chi connectivity index (χ0v) is 19.7. The second-order valence-corrected chi connectivity index (χ2v) is 10.3. The van der Waals surface area contributed by atoms with Gasteiger partial charge in [-0.1, -0.05) is 35.9 Å². The van der Waals surface area contributed by atoms with E-state index in [9.17, 15) is 13.2 Å². The summed E-state index contributed by atoms with van der Waals surface area (Å²) in [6, 6.07) is 13.2. The molecule has 1 amide bonds. The average Bonchev–Trinajstić information content (AvgIpc) is 2.79. The first kappa shape index (κ1) is 23.7. The highest BCUT2D eigenvalue weighted by atomic mass is 32.2. The van der Waals surface area contributed by atoms with Crippen LogP contribution in [0.5, 0.6) is 0 Å². The second-order valence-electron chi connectivity index (χ2n) is 8.71. The molecule has 0 saturated carbocycles. The van der Waals surface area contributed by atoms with Crippen LogP contribution in [-0.4, -0.2) is 47.0 Å². The Morgan fingerprint density at radius 3 is 2.70 bits per heavy atom. The quantitative estimate of drug-likeness (QED) is 0.485. The Kier molecular flexibility index (Phi) is 7.67. The highest BCUT2D eigenvalue weighted by Gasteiger charge is 2.23. The summed E-state index contributed by atoms with van der Waals surface area (Å²) in [5.41, 5.74) is 4.84. The molecule has 0 aromatic heterocycles. The predicted octanol–water partition coefficient (Wildman–Crippen LogP) is 3.88. The SMILES string of the molecule is Cc1ccc(S(=O)(=O)OCCOC2CCc3cc([C@H]4CCCOC(=O)NC4)ccc3C2)cc1. The normalized spacial score (nSPS) is 21.3. The van der Waals surface area contributed by atoms with Gasteiger partial charge in [0.15, 0.2) is 0 Å². The Hall–Kier alpha value is -2.42. The standard InChI is InChI=1S/C25H31NO6S/c1-18-4-10-24(11-5-18)33(28,29)32-14-13-30-23-9-8-19-15-20(6-7-21(19)16-23)22-3-2-12-31-25(27)26-17-22/h4-7,10-11,15,22-23H,2-3,8-9,12-14,16-17H2,1H3,(H,26,27)/t22-,23?/m0/s1. The number of aryl methyl sites for hydroxylation is 2. The molecule has 4 rings (SSSR count). The fourth-order valence-electron chi connectivity index (χ4n) is 4.41. The summed E-state index contributed by atoms with van der Waals surface area (Å²) in [6.45, 7) is 3.18. The van der Waals surface area contributed by atoms with E-state index in [1.165, 1.54) is 16.7 Å². The van der Waals surface area contributed by atoms with Gasteiger partial charge in [-0.3, -0.25) is 4.18 Å². The fraction of sp³-hybridized carbons (Fsp3) is 0.480. The first-order chi connectivity index (χ1) is 15.9. The number of amides is 1. The third-order valence-electron chi connectivity index (χ3n) is 6.29. The summed E-state index contributed by atoms with van der Waals surface area (Å²) in [4.78, 5) is 11.7. The molecular weight excluding hydrogens is 442 g/mol. The maximum Gasteiger partial charge on any atom is 0.407 e. The van der Waals surface area contributed by atoms with Crippen molar-refractivity contribution in [2.24, 2.45) is 0 Å². The van der Waals surface area contributed by atoms with Gasteiger partial charge in [-0.05, 0) is 67.9 Å². The minimum Gasteiger partial charge on any atom is -0.450 e. The first-order valence-corrected chi connectivity index (χ1v) is 12.9. The van der Waals surface area contributed by atoms with Crippen LogP contribution in [-0.2, 0) is 36.6 Å². The largest absolute Gasteiger partial charge is 0.450 e. The molecule has 7 nitrogen and oxygen atoms in total. The van der Waals surface area contributed by atoms with Crippen molar-refractivity contribution in [2.75, 3.05) is 26.4 Å². The Morgan fingerprint density at radius 2 is 1.88 bits per heavy atom. The molecule has 2 atom stereocenters. The van der Waals surface area contributed by atoms with Crippen molar-refractivity contribution in [3.63, 3.8) is 0 Å². The van der Waals surface area contributed by atoms with E-state index in [2.05, 4.69) is 23.5 Å². The number of nitrogens with one attached hydrogen (secondary N) is 1. The summed E-state index contributed by atoms with van der Waals surface area (Å²) in [5, 5.41) is 2.84. The van der Waals surface area contributed by atoms with Crippen LogP contribution in [0.3, 0.4) is 0 Å². The second kappa shape index (κ2) is 10.7. The highest BCUT2D eigenvalue weighted by Crippen LogP contribution is 2.29. The predicted molar refractivity (Wildman–Crippen MR) is 124 cm³/mol. The minimum absolute atomic E-state index is 0.00435. The molecule has 1 fully saturated rings. The number of alkyl carbamates (subject to hydrolysis) is 1. The maximum atomic E-state index is 12.3. The lowest BCUT2D eigenvalue weighted by atomic mass is 9.85. The number of cyclic esters (lactones) is 1. The van der Waals surface area contributed by atoms with Gasteiger partial charge in [-0.15, -0.1) is 0 Å². The van der Waals surface area contributed by atoms with Gasteiger partial charge < -0.3 is 14.8 Å². The van der Waals surface area contributed by atoms with Gasteiger partial charge in [-0.25, -0.2) is 4.79 Å². The molecule has 1 N–H and O–H groups in total. The van der Waals surface area contributed by atoms with Crippen LogP contribution < -0.4 is 5.32 Å². The number of carbonyl (C=O) groups excluding carboxylic acids is 1. The lowest BCUT2D eigenvalue weighted by Gasteiger charge is -2.27. The van der Waals surface area contributed by atoms with E-state index in [-0.39, 0.29) is 30.3 Å². The van der Waals surface area contributed by atoms with Gasteiger partial charge in [0.2, 0.25) is 0 Å². The molecule has 2 aromatic rings. The summed E-state index contributed by atoms with van der Waals surface area (Å²) in [7, 11) is -3.77. The van der Waals surface area contributed by atoms with E-state index in [1.807, 2.05) is 6.92 Å². The van der Waals surface area contributed by atoms with Crippen LogP contribution in [0, 0.1) is 6.92 Å². The highest BCUT2D eigenvalue weighted by molar-refractivity contribution is 7.86. The van der Waals surface area contributed by atoms with Crippen LogP contribution in [0.1, 0.15) is 47.4 Å². The monoisotopic (exact) mass is 473 g/mol. The number of ether oxygens (including phenoxy) is 2. The van der Waals surface area contributed by atoms with Crippen LogP contribution in [0.15, 0.2) is 47.4 Å². The smallest absolute Gasteiger partial charge is 0.407 e. The Morgan fingerprint density at radius 1 is 1.06 bits per heavy atom. The zero-order valence-electron chi connectivity index (χ0n) is 18.9. The Labute approximate surface area is 195 Å². The van der Waals surface area contributed by atoms with Crippen molar-refractivity contribution in [2.45, 2.75) is 55.9 Å². The number of hydrogen-bond acceptors (Lipinski definition) is 6. The van der Waals surface area contributed by atoms with Crippen molar-refractivity contribution >= 4 is 16.2 Å². The van der Waals surface area contributed by atoms with Gasteiger partial charge in [0.05, 0.1) is 30.8 Å². The van der Waals surface area contributed by atoms with E-state index in [0.29, 0.717) is 19.1 Å². The van der Waals surface area contributed by atoms with Crippen LogP contribution in [0.2, 0.25) is 0 Å². The zero-order chi connectivity index (χ0) is 23.3. The summed E-state index contributed by atoms with van der Waals surface area (Å²) >= 11 is 0. The molecule has 33 heavy (non-hydrogen) atoms. The van der Waals surface area contributed by atoms with Gasteiger partial charge in [0.1, 0.15) is 0 Å². The van der Waals surface area contributed by atoms with Crippen molar-refractivity contribution in [1.82, 2.24) is 5.32 Å². The third-order valence-corrected chi connectivity index (χ3v) is 7.62. The third kappa shape index (κ3) is 6.34. The van der Waals surface area contributed by atoms with Crippen molar-refractivity contribution in [3.8, 4) is 0 Å². The molecular formula is C25H31NO6S. The lowest BCUT2D eigenvalue weighted by molar-refractivity contribution is 0.0272. The van der Waals surface area contributed by atoms with Crippen molar-refractivity contribution in [3.05, 3.63) is 64.7 Å². The van der Waals surface area contributed by atoms with Crippen molar-refractivity contribution < 1.29 is 26.9 Å². The molecule has 1 aliphatic heterocycles. The first-order valence-electron chi connectivity index (χ1n) is 11.5. The van der Waals surface area contributed by atoms with Gasteiger partial charge >= 0.3 is 6.09 Å². The van der Waals surface area contributed by atoms with E-state index in [4.69, 9.17) is 13.7 Å². The van der Waals surface area contributed by atoms with Crippen LogP contribution in [0.4, 0.5) is 4.79 Å². The molecule has 0 spiro atoms. The molecule has 1 unspecified atom stereocenters. The maximum absolute atomic E-state index is 12.3. The molecule has 0 radical (unpaired) electrons. The fourth-order valence-corrected chi connectivity index (χ4v) is 5.30. The Bertz CT molecular complexity index is 1070. The van der Waals surface area contributed by atoms with Crippen LogP contribution >= 0.6 is 0 Å². The van der Waals surface area contributed by atoms with E-state index in [1.54, 1.807) is 24.3 Å². The summed E-state index contributed by atoms with van der Waals surface area (Å²) < 4.78 is 40.7. The molecule has 178 valence electrons. The number of benzene rings is 2. The molecule has 2 aromatic carbocycles. The molecule has 1 heterocycles.